The lowest BCUT2D eigenvalue weighted by Gasteiger charge is -2.12. The molecule has 0 aliphatic heterocycles. The van der Waals surface area contributed by atoms with Crippen molar-refractivity contribution in [2.45, 2.75) is 39.5 Å². The lowest BCUT2D eigenvalue weighted by atomic mass is 10.1. The number of ether oxygens (including phenoxy) is 1. The molecule has 0 aliphatic carbocycles. The van der Waals surface area contributed by atoms with E-state index in [-0.39, 0.29) is 11.5 Å². The lowest BCUT2D eigenvalue weighted by Crippen LogP contribution is -1.97. The fourth-order valence-electron chi connectivity index (χ4n) is 1.67. The number of phenolic OH excluding ortho intramolecular Hbond substituents is 2. The standard InChI is InChI=1S/C13H20O3/c1-3-5-6-7-10-8-9-11(14)12(15)13(10)16-4-2/h8-9,14-15H,3-7H2,1-2H3. The van der Waals surface area contributed by atoms with Gasteiger partial charge in [-0.25, -0.2) is 0 Å². The summed E-state index contributed by atoms with van der Waals surface area (Å²) in [6.07, 6.45) is 4.26. The Morgan fingerprint density at radius 2 is 1.88 bits per heavy atom. The Kier molecular flexibility index (Phi) is 4.96. The predicted molar refractivity (Wildman–Crippen MR) is 64.2 cm³/mol. The zero-order valence-corrected chi connectivity index (χ0v) is 9.99. The molecule has 16 heavy (non-hydrogen) atoms. The van der Waals surface area contributed by atoms with Crippen molar-refractivity contribution in [3.05, 3.63) is 17.7 Å². The van der Waals surface area contributed by atoms with Crippen molar-refractivity contribution in [1.29, 1.82) is 0 Å². The zero-order chi connectivity index (χ0) is 12.0. The summed E-state index contributed by atoms with van der Waals surface area (Å²) in [5.41, 5.74) is 0.964. The van der Waals surface area contributed by atoms with E-state index in [0.29, 0.717) is 12.4 Å². The van der Waals surface area contributed by atoms with Crippen LogP contribution >= 0.6 is 0 Å². The van der Waals surface area contributed by atoms with Crippen molar-refractivity contribution in [3.8, 4) is 17.2 Å². The van der Waals surface area contributed by atoms with Gasteiger partial charge in [0.25, 0.3) is 0 Å². The van der Waals surface area contributed by atoms with Gasteiger partial charge in [-0.15, -0.1) is 0 Å². The van der Waals surface area contributed by atoms with Crippen molar-refractivity contribution < 1.29 is 14.9 Å². The smallest absolute Gasteiger partial charge is 0.200 e. The number of benzene rings is 1. The van der Waals surface area contributed by atoms with Gasteiger partial charge in [0, 0.05) is 0 Å². The molecule has 0 radical (unpaired) electrons. The maximum absolute atomic E-state index is 9.69. The first-order chi connectivity index (χ1) is 7.70. The van der Waals surface area contributed by atoms with Crippen LogP contribution < -0.4 is 4.74 Å². The normalized spacial score (nSPS) is 10.4. The molecule has 0 spiro atoms. The molecule has 0 aliphatic rings. The molecule has 0 aromatic heterocycles. The van der Waals surface area contributed by atoms with E-state index in [1.165, 1.54) is 6.07 Å². The summed E-state index contributed by atoms with van der Waals surface area (Å²) < 4.78 is 5.37. The van der Waals surface area contributed by atoms with Crippen LogP contribution in [-0.4, -0.2) is 16.8 Å². The van der Waals surface area contributed by atoms with Gasteiger partial charge < -0.3 is 14.9 Å². The van der Waals surface area contributed by atoms with Crippen LogP contribution in [-0.2, 0) is 6.42 Å². The number of hydrogen-bond acceptors (Lipinski definition) is 3. The highest BCUT2D eigenvalue weighted by Crippen LogP contribution is 2.38. The first-order valence-corrected chi connectivity index (χ1v) is 5.87. The Hall–Kier alpha value is -1.38. The van der Waals surface area contributed by atoms with Gasteiger partial charge in [0.15, 0.2) is 11.5 Å². The van der Waals surface area contributed by atoms with Crippen molar-refractivity contribution in [2.75, 3.05) is 6.61 Å². The number of aromatic hydroxyl groups is 2. The van der Waals surface area contributed by atoms with Crippen molar-refractivity contribution in [2.24, 2.45) is 0 Å². The molecule has 90 valence electrons. The van der Waals surface area contributed by atoms with Gasteiger partial charge in [0.05, 0.1) is 6.61 Å². The van der Waals surface area contributed by atoms with Crippen LogP contribution in [0.3, 0.4) is 0 Å². The molecule has 0 saturated heterocycles. The number of unbranched alkanes of at least 4 members (excludes halogenated alkanes) is 2. The second-order valence-electron chi connectivity index (χ2n) is 3.81. The van der Waals surface area contributed by atoms with Crippen LogP contribution in [0, 0.1) is 0 Å². The van der Waals surface area contributed by atoms with Crippen molar-refractivity contribution in [3.63, 3.8) is 0 Å². The maximum Gasteiger partial charge on any atom is 0.200 e. The summed E-state index contributed by atoms with van der Waals surface area (Å²) in [4.78, 5) is 0. The Bertz CT molecular complexity index is 334. The average molecular weight is 224 g/mol. The first-order valence-electron chi connectivity index (χ1n) is 5.87. The molecule has 0 bridgehead atoms. The molecule has 0 atom stereocenters. The molecular weight excluding hydrogens is 204 g/mol. The van der Waals surface area contributed by atoms with E-state index >= 15 is 0 Å². The number of rotatable bonds is 6. The zero-order valence-electron chi connectivity index (χ0n) is 9.99. The fraction of sp³-hybridized carbons (Fsp3) is 0.538. The maximum atomic E-state index is 9.69. The number of aryl methyl sites for hydroxylation is 1. The Morgan fingerprint density at radius 1 is 1.12 bits per heavy atom. The van der Waals surface area contributed by atoms with E-state index in [9.17, 15) is 10.2 Å². The Morgan fingerprint density at radius 3 is 2.50 bits per heavy atom. The van der Waals surface area contributed by atoms with Gasteiger partial charge in [0.2, 0.25) is 5.75 Å². The second kappa shape index (κ2) is 6.26. The monoisotopic (exact) mass is 224 g/mol. The van der Waals surface area contributed by atoms with E-state index in [4.69, 9.17) is 4.74 Å². The molecule has 3 nitrogen and oxygen atoms in total. The van der Waals surface area contributed by atoms with Gasteiger partial charge >= 0.3 is 0 Å². The van der Waals surface area contributed by atoms with E-state index in [1.54, 1.807) is 0 Å². The molecule has 1 aromatic carbocycles. The SMILES string of the molecule is CCCCCc1ccc(O)c(O)c1OCC. The summed E-state index contributed by atoms with van der Waals surface area (Å²) in [5.74, 6) is 0.164. The Balaban J connectivity index is 2.85. The highest BCUT2D eigenvalue weighted by molar-refractivity contribution is 5.54. The molecule has 0 amide bonds. The average Bonchev–Trinajstić information content (AvgIpc) is 2.28. The Labute approximate surface area is 96.7 Å². The van der Waals surface area contributed by atoms with Crippen LogP contribution in [0.4, 0.5) is 0 Å². The van der Waals surface area contributed by atoms with E-state index in [0.717, 1.165) is 31.2 Å². The fourth-order valence-corrected chi connectivity index (χ4v) is 1.67. The van der Waals surface area contributed by atoms with E-state index < -0.39 is 0 Å². The number of phenols is 2. The van der Waals surface area contributed by atoms with Gasteiger partial charge in [0.1, 0.15) is 0 Å². The van der Waals surface area contributed by atoms with Gasteiger partial charge in [-0.3, -0.25) is 0 Å². The molecule has 1 rings (SSSR count). The molecule has 0 heterocycles. The molecule has 0 fully saturated rings. The minimum atomic E-state index is -0.143. The van der Waals surface area contributed by atoms with Crippen LogP contribution in [0.2, 0.25) is 0 Å². The quantitative estimate of drug-likeness (QED) is 0.576. The molecule has 2 N–H and O–H groups in total. The van der Waals surface area contributed by atoms with Crippen LogP contribution in [0.15, 0.2) is 12.1 Å². The molecular formula is C13H20O3. The number of hydrogen-bond donors (Lipinski definition) is 2. The predicted octanol–water partition coefficient (Wildman–Crippen LogP) is 3.23. The molecule has 1 aromatic rings. The molecule has 0 unspecified atom stereocenters. The first kappa shape index (κ1) is 12.7. The summed E-state index contributed by atoms with van der Waals surface area (Å²) in [7, 11) is 0. The van der Waals surface area contributed by atoms with Gasteiger partial charge in [-0.05, 0) is 31.4 Å². The molecule has 0 saturated carbocycles. The summed E-state index contributed by atoms with van der Waals surface area (Å²) in [5, 5.41) is 19.1. The third-order valence-electron chi connectivity index (χ3n) is 2.53. The summed E-state index contributed by atoms with van der Waals surface area (Å²) in [6.45, 7) is 4.49. The van der Waals surface area contributed by atoms with Crippen LogP contribution in [0.1, 0.15) is 38.7 Å². The van der Waals surface area contributed by atoms with Crippen LogP contribution in [0.25, 0.3) is 0 Å². The van der Waals surface area contributed by atoms with E-state index in [2.05, 4.69) is 6.92 Å². The van der Waals surface area contributed by atoms with E-state index in [1.807, 2.05) is 13.0 Å². The summed E-state index contributed by atoms with van der Waals surface area (Å²) >= 11 is 0. The van der Waals surface area contributed by atoms with Crippen LogP contribution in [0.5, 0.6) is 17.2 Å². The minimum Gasteiger partial charge on any atom is -0.504 e. The van der Waals surface area contributed by atoms with Gasteiger partial charge in [-0.1, -0.05) is 25.8 Å². The van der Waals surface area contributed by atoms with Gasteiger partial charge in [-0.2, -0.15) is 0 Å². The topological polar surface area (TPSA) is 49.7 Å². The highest BCUT2D eigenvalue weighted by Gasteiger charge is 2.12. The van der Waals surface area contributed by atoms with Crippen molar-refractivity contribution in [1.82, 2.24) is 0 Å². The largest absolute Gasteiger partial charge is 0.504 e. The summed E-state index contributed by atoms with van der Waals surface area (Å²) in [6, 6.07) is 3.33. The lowest BCUT2D eigenvalue weighted by molar-refractivity contribution is 0.305. The third kappa shape index (κ3) is 3.05. The highest BCUT2D eigenvalue weighted by atomic mass is 16.5. The molecule has 3 heteroatoms. The van der Waals surface area contributed by atoms with Crippen molar-refractivity contribution >= 4 is 0 Å². The second-order valence-corrected chi connectivity index (χ2v) is 3.81. The third-order valence-corrected chi connectivity index (χ3v) is 2.53. The minimum absolute atomic E-state index is 0.123.